The molecule has 0 aliphatic carbocycles. The lowest BCUT2D eigenvalue weighted by atomic mass is 10.2. The standard InChI is InChI=1S/C14H19ClN2O3S/c1-11(14(18)17-8-4-5-9-17)16-21(19,20)10-12-6-2-3-7-13(12)15/h2-3,6-7,11,16H,4-5,8-10H2,1H3/t11-/m0/s1. The van der Waals surface area contributed by atoms with Gasteiger partial charge in [0.1, 0.15) is 0 Å². The van der Waals surface area contributed by atoms with Gasteiger partial charge in [0, 0.05) is 18.1 Å². The number of halogens is 1. The maximum atomic E-state index is 12.1. The van der Waals surface area contributed by atoms with Crippen LogP contribution in [0.2, 0.25) is 5.02 Å². The number of sulfonamides is 1. The van der Waals surface area contributed by atoms with Crippen molar-refractivity contribution in [1.29, 1.82) is 0 Å². The molecule has 1 aromatic rings. The third-order valence-corrected chi connectivity index (χ3v) is 5.22. The van der Waals surface area contributed by atoms with E-state index in [1.165, 1.54) is 0 Å². The third-order valence-electron chi connectivity index (χ3n) is 3.45. The first kappa shape index (κ1) is 16.3. The highest BCUT2D eigenvalue weighted by Gasteiger charge is 2.26. The number of benzene rings is 1. The van der Waals surface area contributed by atoms with E-state index in [9.17, 15) is 13.2 Å². The van der Waals surface area contributed by atoms with Crippen molar-refractivity contribution in [2.24, 2.45) is 0 Å². The molecule has 116 valence electrons. The van der Waals surface area contributed by atoms with Gasteiger partial charge in [0.05, 0.1) is 11.8 Å². The molecule has 1 atom stereocenters. The van der Waals surface area contributed by atoms with Gasteiger partial charge < -0.3 is 4.90 Å². The fourth-order valence-electron chi connectivity index (χ4n) is 2.39. The molecule has 1 aromatic carbocycles. The van der Waals surface area contributed by atoms with E-state index in [1.54, 1.807) is 36.1 Å². The summed E-state index contributed by atoms with van der Waals surface area (Å²) in [6.07, 6.45) is 1.95. The molecule has 1 aliphatic heterocycles. The number of amides is 1. The molecule has 5 nitrogen and oxygen atoms in total. The molecule has 0 saturated carbocycles. The number of likely N-dealkylation sites (tertiary alicyclic amines) is 1. The van der Waals surface area contributed by atoms with Gasteiger partial charge in [0.15, 0.2) is 0 Å². The van der Waals surface area contributed by atoms with Crippen LogP contribution in [0.15, 0.2) is 24.3 Å². The van der Waals surface area contributed by atoms with Crippen molar-refractivity contribution < 1.29 is 13.2 Å². The molecule has 0 aromatic heterocycles. The van der Waals surface area contributed by atoms with Crippen LogP contribution in [0.3, 0.4) is 0 Å². The van der Waals surface area contributed by atoms with Crippen molar-refractivity contribution >= 4 is 27.5 Å². The number of nitrogens with zero attached hydrogens (tertiary/aromatic N) is 1. The minimum absolute atomic E-state index is 0.171. The second-order valence-corrected chi connectivity index (χ2v) is 7.38. The fourth-order valence-corrected chi connectivity index (χ4v) is 4.06. The van der Waals surface area contributed by atoms with Crippen LogP contribution in [0.25, 0.3) is 0 Å². The third kappa shape index (κ3) is 4.43. The van der Waals surface area contributed by atoms with Crippen LogP contribution in [0.1, 0.15) is 25.3 Å². The Hall–Kier alpha value is -1.11. The van der Waals surface area contributed by atoms with Gasteiger partial charge in [-0.2, -0.15) is 0 Å². The summed E-state index contributed by atoms with van der Waals surface area (Å²) in [5.74, 6) is -0.403. The molecule has 1 amide bonds. The Kier molecular flexibility index (Phi) is 5.24. The Morgan fingerprint density at radius 3 is 2.57 bits per heavy atom. The summed E-state index contributed by atoms with van der Waals surface area (Å²) in [6.45, 7) is 2.98. The van der Waals surface area contributed by atoms with Crippen molar-refractivity contribution in [3.63, 3.8) is 0 Å². The highest BCUT2D eigenvalue weighted by Crippen LogP contribution is 2.17. The zero-order valence-electron chi connectivity index (χ0n) is 11.9. The normalized spacial score (nSPS) is 17.0. The molecule has 0 bridgehead atoms. The molecule has 1 saturated heterocycles. The second kappa shape index (κ2) is 6.77. The minimum atomic E-state index is -3.61. The number of hydrogen-bond donors (Lipinski definition) is 1. The highest BCUT2D eigenvalue weighted by atomic mass is 35.5. The molecule has 0 radical (unpaired) electrons. The number of rotatable bonds is 5. The molecule has 2 rings (SSSR count). The van der Waals surface area contributed by atoms with Crippen LogP contribution in [-0.2, 0) is 20.6 Å². The van der Waals surface area contributed by atoms with Crippen molar-refractivity contribution in [1.82, 2.24) is 9.62 Å². The van der Waals surface area contributed by atoms with E-state index in [0.29, 0.717) is 23.7 Å². The van der Waals surface area contributed by atoms with Crippen LogP contribution in [0, 0.1) is 0 Å². The quantitative estimate of drug-likeness (QED) is 0.894. The average molecular weight is 331 g/mol. The number of carbonyl (C=O) groups is 1. The van der Waals surface area contributed by atoms with Gasteiger partial charge in [-0.15, -0.1) is 0 Å². The molecule has 1 heterocycles. The zero-order chi connectivity index (χ0) is 15.5. The summed E-state index contributed by atoms with van der Waals surface area (Å²) in [6, 6.07) is 6.02. The first-order valence-corrected chi connectivity index (χ1v) is 8.94. The molecule has 0 unspecified atom stereocenters. The van der Waals surface area contributed by atoms with E-state index < -0.39 is 16.1 Å². The summed E-state index contributed by atoms with van der Waals surface area (Å²) < 4.78 is 26.7. The maximum absolute atomic E-state index is 12.1. The SMILES string of the molecule is C[C@H](NS(=O)(=O)Cc1ccccc1Cl)C(=O)N1CCCC1. The lowest BCUT2D eigenvalue weighted by Crippen LogP contribution is -2.46. The molecular formula is C14H19ClN2O3S. The molecular weight excluding hydrogens is 312 g/mol. The molecule has 0 spiro atoms. The molecule has 1 aliphatic rings. The smallest absolute Gasteiger partial charge is 0.240 e. The molecule has 1 fully saturated rings. The fraction of sp³-hybridized carbons (Fsp3) is 0.500. The predicted molar refractivity (Wildman–Crippen MR) is 82.5 cm³/mol. The lowest BCUT2D eigenvalue weighted by molar-refractivity contribution is -0.131. The summed E-state index contributed by atoms with van der Waals surface area (Å²) in [5.41, 5.74) is 0.521. The molecule has 21 heavy (non-hydrogen) atoms. The van der Waals surface area contributed by atoms with Crippen LogP contribution in [0.4, 0.5) is 0 Å². The van der Waals surface area contributed by atoms with Crippen molar-refractivity contribution in [3.8, 4) is 0 Å². The lowest BCUT2D eigenvalue weighted by Gasteiger charge is -2.21. The predicted octanol–water partition coefficient (Wildman–Crippen LogP) is 1.77. The summed E-state index contributed by atoms with van der Waals surface area (Å²) in [5, 5.41) is 0.404. The first-order chi connectivity index (χ1) is 9.89. The topological polar surface area (TPSA) is 66.5 Å². The highest BCUT2D eigenvalue weighted by molar-refractivity contribution is 7.88. The second-order valence-electron chi connectivity index (χ2n) is 5.22. The van der Waals surface area contributed by atoms with E-state index in [1.807, 2.05) is 0 Å². The number of hydrogen-bond acceptors (Lipinski definition) is 3. The Morgan fingerprint density at radius 1 is 1.33 bits per heavy atom. The van der Waals surface area contributed by atoms with Gasteiger partial charge in [-0.1, -0.05) is 29.8 Å². The van der Waals surface area contributed by atoms with E-state index in [0.717, 1.165) is 12.8 Å². The first-order valence-electron chi connectivity index (χ1n) is 6.91. The number of carbonyl (C=O) groups excluding carboxylic acids is 1. The van der Waals surface area contributed by atoms with Gasteiger partial charge in [0.2, 0.25) is 15.9 Å². The van der Waals surface area contributed by atoms with Gasteiger partial charge in [-0.3, -0.25) is 4.79 Å². The number of nitrogens with one attached hydrogen (secondary N) is 1. The van der Waals surface area contributed by atoms with Crippen LogP contribution in [-0.4, -0.2) is 38.4 Å². The Labute approximate surface area is 130 Å². The monoisotopic (exact) mass is 330 g/mol. The van der Waals surface area contributed by atoms with Gasteiger partial charge in [-0.05, 0) is 31.4 Å². The van der Waals surface area contributed by atoms with E-state index in [2.05, 4.69) is 4.72 Å². The van der Waals surface area contributed by atoms with Crippen molar-refractivity contribution in [2.45, 2.75) is 31.6 Å². The molecule has 1 N–H and O–H groups in total. The van der Waals surface area contributed by atoms with Gasteiger partial charge >= 0.3 is 0 Å². The Morgan fingerprint density at radius 2 is 1.95 bits per heavy atom. The van der Waals surface area contributed by atoms with Crippen molar-refractivity contribution in [3.05, 3.63) is 34.9 Å². The van der Waals surface area contributed by atoms with E-state index in [-0.39, 0.29) is 11.7 Å². The van der Waals surface area contributed by atoms with Gasteiger partial charge in [0.25, 0.3) is 0 Å². The zero-order valence-corrected chi connectivity index (χ0v) is 13.5. The largest absolute Gasteiger partial charge is 0.341 e. The van der Waals surface area contributed by atoms with Crippen molar-refractivity contribution in [2.75, 3.05) is 13.1 Å². The van der Waals surface area contributed by atoms with Crippen LogP contribution >= 0.6 is 11.6 Å². The maximum Gasteiger partial charge on any atom is 0.240 e. The van der Waals surface area contributed by atoms with Crippen LogP contribution < -0.4 is 4.72 Å². The minimum Gasteiger partial charge on any atom is -0.341 e. The molecule has 7 heteroatoms. The van der Waals surface area contributed by atoms with E-state index in [4.69, 9.17) is 11.6 Å². The Bertz CT molecular complexity index is 612. The summed E-state index contributed by atoms with van der Waals surface area (Å²) in [7, 11) is -3.61. The van der Waals surface area contributed by atoms with E-state index >= 15 is 0 Å². The average Bonchev–Trinajstić information content (AvgIpc) is 2.93. The summed E-state index contributed by atoms with van der Waals surface area (Å²) in [4.78, 5) is 13.8. The Balaban J connectivity index is 2.00. The van der Waals surface area contributed by atoms with Gasteiger partial charge in [-0.25, -0.2) is 13.1 Å². The summed E-state index contributed by atoms with van der Waals surface area (Å²) >= 11 is 5.97. The van der Waals surface area contributed by atoms with Crippen LogP contribution in [0.5, 0.6) is 0 Å².